The van der Waals surface area contributed by atoms with Crippen molar-refractivity contribution in [2.75, 3.05) is 6.61 Å². The van der Waals surface area contributed by atoms with Crippen LogP contribution in [0.2, 0.25) is 5.04 Å². The second-order valence-corrected chi connectivity index (χ2v) is 19.8. The van der Waals surface area contributed by atoms with Crippen LogP contribution in [0.1, 0.15) is 38.8 Å². The molecule has 1 heterocycles. The number of hydrogen-bond donors (Lipinski definition) is 0. The number of benzene rings is 4. The monoisotopic (exact) mass is 668 g/mol. The van der Waals surface area contributed by atoms with E-state index in [1.165, 1.54) is 15.9 Å². The van der Waals surface area contributed by atoms with E-state index in [2.05, 4.69) is 137 Å². The first-order valence-corrected chi connectivity index (χ1v) is 20.3. The van der Waals surface area contributed by atoms with E-state index in [1.54, 1.807) is 0 Å². The summed E-state index contributed by atoms with van der Waals surface area (Å²) in [5.41, 5.74) is 2.31. The second kappa shape index (κ2) is 15.1. The van der Waals surface area contributed by atoms with E-state index >= 15 is 0 Å². The molecule has 0 bridgehead atoms. The Kier molecular flexibility index (Phi) is 11.5. The summed E-state index contributed by atoms with van der Waals surface area (Å²) in [6.45, 7) is 10.7. The Morgan fingerprint density at radius 1 is 0.651 bits per heavy atom. The zero-order chi connectivity index (χ0) is 30.3. The molecule has 4 aromatic carbocycles. The van der Waals surface area contributed by atoms with Crippen molar-refractivity contribution in [1.82, 2.24) is 0 Å². The molecular formula is C37H44O4SiSr. The van der Waals surface area contributed by atoms with Gasteiger partial charge in [-0.25, -0.2) is 0 Å². The first kappa shape index (κ1) is 32.8. The minimum absolute atomic E-state index is 0.0999. The predicted octanol–water partition coefficient (Wildman–Crippen LogP) is 6.00. The van der Waals surface area contributed by atoms with Crippen molar-refractivity contribution in [3.05, 3.63) is 132 Å². The average molecular weight is 668 g/mol. The van der Waals surface area contributed by atoms with Gasteiger partial charge in [-0.2, -0.15) is 0 Å². The fourth-order valence-electron chi connectivity index (χ4n) is 6.34. The zero-order valence-electron chi connectivity index (χ0n) is 26.2. The first-order valence-electron chi connectivity index (χ1n) is 15.5. The molecule has 0 N–H and O–H groups in total. The van der Waals surface area contributed by atoms with Gasteiger partial charge in [-0.3, -0.25) is 0 Å². The van der Waals surface area contributed by atoms with E-state index < -0.39 is 8.32 Å². The van der Waals surface area contributed by atoms with Crippen molar-refractivity contribution in [2.24, 2.45) is 5.92 Å². The molecule has 43 heavy (non-hydrogen) atoms. The molecule has 4 aromatic rings. The molecule has 0 aliphatic carbocycles. The molecule has 0 radical (unpaired) electrons. The Hall–Kier alpha value is -1.58. The van der Waals surface area contributed by atoms with Gasteiger partial charge in [0.25, 0.3) is 0 Å². The van der Waals surface area contributed by atoms with Crippen LogP contribution in [-0.2, 0) is 31.9 Å². The molecule has 6 heteroatoms. The van der Waals surface area contributed by atoms with Crippen molar-refractivity contribution in [1.29, 1.82) is 0 Å². The van der Waals surface area contributed by atoms with Gasteiger partial charge in [0.1, 0.15) is 0 Å². The Labute approximate surface area is 288 Å². The van der Waals surface area contributed by atoms with Crippen LogP contribution in [-0.4, -0.2) is 77.6 Å². The van der Waals surface area contributed by atoms with Crippen LogP contribution >= 0.6 is 0 Å². The molecule has 1 fully saturated rings. The molecule has 1 aliphatic heterocycles. The van der Waals surface area contributed by atoms with Crippen LogP contribution in [0.15, 0.2) is 121 Å². The summed E-state index contributed by atoms with van der Waals surface area (Å²) in [7, 11) is -2.74. The van der Waals surface area contributed by atoms with Crippen LogP contribution in [0.4, 0.5) is 0 Å². The summed E-state index contributed by atoms with van der Waals surface area (Å²) < 4.78 is 27.9. The summed E-state index contributed by atoms with van der Waals surface area (Å²) >= 11 is 0.257. The van der Waals surface area contributed by atoms with Crippen LogP contribution in [0.5, 0.6) is 0 Å². The van der Waals surface area contributed by atoms with Gasteiger partial charge in [-0.05, 0) is 0 Å². The van der Waals surface area contributed by atoms with Gasteiger partial charge in [0.15, 0.2) is 0 Å². The standard InChI is InChI=1S/C37H43O4Si.Sr.H/c1-29-25-38-34(28-41-42(37(2,3)4,32-21-13-7-14-22-32)33-23-15-8-16-24-33)36(40-27-31-19-11-6-12-20-31)35(29)39-26-30-17-9-5-10-18-30;;/h5-25,29,34-36H,26-28H2,1-4H3;;/t29?,34?,35-,36+;;/m0../s1. The number of hydrogen-bond acceptors (Lipinski definition) is 4. The molecular weight excluding hydrogens is 624 g/mol. The topological polar surface area (TPSA) is 36.9 Å². The van der Waals surface area contributed by atoms with Crippen molar-refractivity contribution in [3.8, 4) is 0 Å². The third-order valence-electron chi connectivity index (χ3n) is 8.79. The number of rotatable bonds is 11. The fourth-order valence-corrected chi connectivity index (χ4v) is 12.7. The molecule has 1 aliphatic rings. The molecule has 1 saturated heterocycles. The van der Waals surface area contributed by atoms with Crippen molar-refractivity contribution in [2.45, 2.75) is 65.3 Å². The third-order valence-corrected chi connectivity index (χ3v) is 17.0. The Morgan fingerprint density at radius 2 is 1.07 bits per heavy atom. The van der Waals surface area contributed by atoms with Gasteiger partial charge in [-0.15, -0.1) is 0 Å². The molecule has 0 saturated carbocycles. The molecule has 2 unspecified atom stereocenters. The second-order valence-electron chi connectivity index (χ2n) is 12.7. The fraction of sp³-hybridized carbons (Fsp3) is 0.351. The summed E-state index contributed by atoms with van der Waals surface area (Å²) in [4.78, 5) is 0. The summed E-state index contributed by atoms with van der Waals surface area (Å²) in [5.74, 6) is 0.240. The zero-order valence-corrected chi connectivity index (χ0v) is 32.1. The van der Waals surface area contributed by atoms with E-state index in [0.717, 1.165) is 5.56 Å². The van der Waals surface area contributed by atoms with Gasteiger partial charge >= 0.3 is 291 Å². The van der Waals surface area contributed by atoms with Crippen LogP contribution in [0.25, 0.3) is 0 Å². The van der Waals surface area contributed by atoms with E-state index in [4.69, 9.17) is 18.6 Å². The quantitative estimate of drug-likeness (QED) is 0.184. The van der Waals surface area contributed by atoms with Gasteiger partial charge in [0.05, 0.1) is 0 Å². The summed E-state index contributed by atoms with van der Waals surface area (Å²) in [6.07, 6.45) is -0.606. The van der Waals surface area contributed by atoms with Gasteiger partial charge in [0.2, 0.25) is 0 Å². The Bertz CT molecular complexity index is 1340. The molecule has 0 aromatic heterocycles. The summed E-state index contributed by atoms with van der Waals surface area (Å²) in [6, 6.07) is 42.4. The van der Waals surface area contributed by atoms with Gasteiger partial charge < -0.3 is 0 Å². The Balaban J connectivity index is 1.48. The van der Waals surface area contributed by atoms with E-state index in [9.17, 15) is 0 Å². The molecule has 5 atom stereocenters. The van der Waals surface area contributed by atoms with E-state index in [0.29, 0.717) is 19.8 Å². The van der Waals surface area contributed by atoms with Crippen LogP contribution in [0.3, 0.4) is 0 Å². The van der Waals surface area contributed by atoms with Gasteiger partial charge in [-0.1, -0.05) is 0 Å². The van der Waals surface area contributed by atoms with Gasteiger partial charge in [0, 0.05) is 0 Å². The van der Waals surface area contributed by atoms with Crippen LogP contribution in [0, 0.1) is 5.92 Å². The third kappa shape index (κ3) is 7.81. The van der Waals surface area contributed by atoms with Crippen molar-refractivity contribution >= 4 is 61.9 Å². The minimum atomic E-state index is -2.74. The van der Waals surface area contributed by atoms with Crippen molar-refractivity contribution in [3.63, 3.8) is 0 Å². The van der Waals surface area contributed by atoms with Crippen molar-refractivity contribution < 1.29 is 18.6 Å². The molecule has 4 nitrogen and oxygen atoms in total. The normalized spacial score (nSPS) is 22.7. The molecule has 222 valence electrons. The van der Waals surface area contributed by atoms with E-state index in [-0.39, 0.29) is 73.6 Å². The first-order chi connectivity index (χ1) is 20.8. The van der Waals surface area contributed by atoms with Crippen LogP contribution < -0.4 is 10.4 Å². The summed E-state index contributed by atoms with van der Waals surface area (Å²) in [5, 5.41) is 2.42. The molecule has 0 amide bonds. The SMILES string of the molecule is CC1[C@H]([SrH])OC(CO[Si](c2ccccc2)(c2ccccc2)C(C)(C)C)[C@@H](OCc2ccccc2)[C@H]1OCc1ccccc1. The predicted molar refractivity (Wildman–Crippen MR) is 179 cm³/mol. The Morgan fingerprint density at radius 3 is 1.51 bits per heavy atom. The average Bonchev–Trinajstić information content (AvgIpc) is 3.03. The number of ether oxygens (including phenoxy) is 3. The maximum atomic E-state index is 7.38. The maximum absolute atomic E-state index is 7.38. The van der Waals surface area contributed by atoms with E-state index in [1.807, 2.05) is 12.1 Å². The molecule has 0 spiro atoms. The molecule has 5 rings (SSSR count).